The molecule has 0 aliphatic carbocycles. The van der Waals surface area contributed by atoms with Gasteiger partial charge in [-0.15, -0.1) is 0 Å². The van der Waals surface area contributed by atoms with Crippen LogP contribution in [0.1, 0.15) is 63.1 Å². The normalized spacial score (nSPS) is 18.9. The minimum Gasteiger partial charge on any atom is -0.474 e. The fraction of sp³-hybridized carbons (Fsp3) is 0.545. The number of rotatable bonds is 7. The van der Waals surface area contributed by atoms with E-state index in [9.17, 15) is 22.7 Å². The largest absolute Gasteiger partial charge is 0.474 e. The van der Waals surface area contributed by atoms with Gasteiger partial charge in [-0.3, -0.25) is 4.79 Å². The van der Waals surface area contributed by atoms with Crippen LogP contribution in [0.25, 0.3) is 0 Å². The molecule has 0 saturated carbocycles. The second-order valence-electron chi connectivity index (χ2n) is 9.10. The standard InChI is InChI=1S/C22H29FN2O5S/c1-13(2)17-6-15(23)7-18(14(3)4)19(17)8-16(26)10-31(28,29)20-9-24-25-11-22(5,27)12-30-21(20)25/h6-7,9,13-14,27H,8,10-12H2,1-5H3. The molecule has 1 aliphatic rings. The minimum absolute atomic E-state index is 0.0171. The van der Waals surface area contributed by atoms with Crippen LogP contribution in [-0.4, -0.2) is 47.0 Å². The number of benzene rings is 1. The van der Waals surface area contributed by atoms with Crippen molar-refractivity contribution >= 4 is 15.6 Å². The number of hydrogen-bond acceptors (Lipinski definition) is 6. The average Bonchev–Trinajstić information content (AvgIpc) is 3.04. The molecule has 31 heavy (non-hydrogen) atoms. The number of sulfone groups is 1. The zero-order chi connectivity index (χ0) is 23.1. The second kappa shape index (κ2) is 8.35. The van der Waals surface area contributed by atoms with Crippen molar-refractivity contribution < 1.29 is 27.4 Å². The molecule has 1 aromatic heterocycles. The van der Waals surface area contributed by atoms with Crippen molar-refractivity contribution in [1.29, 1.82) is 0 Å². The lowest BCUT2D eigenvalue weighted by Gasteiger charge is -2.29. The van der Waals surface area contributed by atoms with Gasteiger partial charge < -0.3 is 9.84 Å². The number of hydrogen-bond donors (Lipinski definition) is 1. The molecule has 9 heteroatoms. The third-order valence-corrected chi connectivity index (χ3v) is 7.01. The van der Waals surface area contributed by atoms with E-state index in [1.165, 1.54) is 16.8 Å². The summed E-state index contributed by atoms with van der Waals surface area (Å²) >= 11 is 0. The van der Waals surface area contributed by atoms with E-state index in [-0.39, 0.29) is 48.0 Å². The smallest absolute Gasteiger partial charge is 0.231 e. The van der Waals surface area contributed by atoms with Gasteiger partial charge in [0.05, 0.1) is 12.7 Å². The van der Waals surface area contributed by atoms with Gasteiger partial charge in [0.2, 0.25) is 5.88 Å². The summed E-state index contributed by atoms with van der Waals surface area (Å²) in [6.07, 6.45) is 1.05. The molecular weight excluding hydrogens is 423 g/mol. The third kappa shape index (κ3) is 4.98. The minimum atomic E-state index is -4.00. The molecule has 2 heterocycles. The molecule has 1 atom stereocenters. The van der Waals surface area contributed by atoms with Gasteiger partial charge >= 0.3 is 0 Å². The number of nitrogens with zero attached hydrogens (tertiary/aromatic N) is 2. The lowest BCUT2D eigenvalue weighted by Crippen LogP contribution is -2.41. The Bertz CT molecular complexity index is 1070. The van der Waals surface area contributed by atoms with E-state index in [2.05, 4.69) is 5.10 Å². The Hall–Kier alpha value is -2.26. The van der Waals surface area contributed by atoms with Crippen molar-refractivity contribution in [1.82, 2.24) is 9.78 Å². The molecule has 1 N–H and O–H groups in total. The Kier molecular flexibility index (Phi) is 6.30. The number of fused-ring (bicyclic) bond motifs is 1. The van der Waals surface area contributed by atoms with Gasteiger partial charge in [-0.05, 0) is 47.6 Å². The SMILES string of the molecule is CC(C)c1cc(F)cc(C(C)C)c1CC(=O)CS(=O)(=O)c1cnn2c1OCC(C)(O)C2. The van der Waals surface area contributed by atoms with E-state index in [0.29, 0.717) is 16.7 Å². The van der Waals surface area contributed by atoms with Crippen LogP contribution in [0.15, 0.2) is 23.2 Å². The zero-order valence-electron chi connectivity index (χ0n) is 18.5. The highest BCUT2D eigenvalue weighted by atomic mass is 32.2. The molecule has 0 amide bonds. The fourth-order valence-corrected chi connectivity index (χ4v) is 5.19. The first-order chi connectivity index (χ1) is 14.3. The molecule has 1 aromatic carbocycles. The van der Waals surface area contributed by atoms with E-state index in [4.69, 9.17) is 4.74 Å². The van der Waals surface area contributed by atoms with Gasteiger partial charge in [0.15, 0.2) is 15.6 Å². The van der Waals surface area contributed by atoms with E-state index < -0.39 is 27.0 Å². The zero-order valence-corrected chi connectivity index (χ0v) is 19.3. The predicted octanol–water partition coefficient (Wildman–Crippen LogP) is 3.00. The topological polar surface area (TPSA) is 98.5 Å². The molecule has 7 nitrogen and oxygen atoms in total. The number of carbonyl (C=O) groups excluding carboxylic acids is 1. The average molecular weight is 453 g/mol. The summed E-state index contributed by atoms with van der Waals surface area (Å²) in [7, 11) is -4.00. The van der Waals surface area contributed by atoms with Crippen molar-refractivity contribution in [3.05, 3.63) is 40.8 Å². The van der Waals surface area contributed by atoms with Gasteiger partial charge in [-0.1, -0.05) is 27.7 Å². The van der Waals surface area contributed by atoms with E-state index in [1.54, 1.807) is 6.92 Å². The highest BCUT2D eigenvalue weighted by Gasteiger charge is 2.35. The van der Waals surface area contributed by atoms with Crippen LogP contribution in [0.5, 0.6) is 5.88 Å². The van der Waals surface area contributed by atoms with Crippen LogP contribution in [-0.2, 0) is 27.6 Å². The van der Waals surface area contributed by atoms with Crippen molar-refractivity contribution in [3.63, 3.8) is 0 Å². The first-order valence-electron chi connectivity index (χ1n) is 10.3. The number of aromatic nitrogens is 2. The Balaban J connectivity index is 1.88. The molecule has 0 fully saturated rings. The van der Waals surface area contributed by atoms with E-state index in [1.807, 2.05) is 27.7 Å². The first-order valence-corrected chi connectivity index (χ1v) is 11.9. The van der Waals surface area contributed by atoms with Gasteiger partial charge in [-0.25, -0.2) is 17.5 Å². The van der Waals surface area contributed by atoms with Gasteiger partial charge in [0, 0.05) is 6.42 Å². The maximum absolute atomic E-state index is 14.1. The molecule has 0 spiro atoms. The molecule has 0 radical (unpaired) electrons. The number of ether oxygens (including phenoxy) is 1. The Morgan fingerprint density at radius 3 is 2.39 bits per heavy atom. The molecule has 3 rings (SSSR count). The molecule has 2 aromatic rings. The van der Waals surface area contributed by atoms with Gasteiger partial charge in [-0.2, -0.15) is 5.10 Å². The van der Waals surface area contributed by atoms with Crippen molar-refractivity contribution in [3.8, 4) is 5.88 Å². The maximum atomic E-state index is 14.1. The Morgan fingerprint density at radius 1 is 1.26 bits per heavy atom. The van der Waals surface area contributed by atoms with Gasteiger partial charge in [0.25, 0.3) is 0 Å². The maximum Gasteiger partial charge on any atom is 0.231 e. The number of aliphatic hydroxyl groups is 1. The quantitative estimate of drug-likeness (QED) is 0.694. The predicted molar refractivity (Wildman–Crippen MR) is 114 cm³/mol. The van der Waals surface area contributed by atoms with Crippen molar-refractivity contribution in [2.75, 3.05) is 12.4 Å². The molecule has 0 bridgehead atoms. The summed E-state index contributed by atoms with van der Waals surface area (Å²) in [5, 5.41) is 14.1. The van der Waals surface area contributed by atoms with Crippen LogP contribution in [0.2, 0.25) is 0 Å². The third-order valence-electron chi connectivity index (χ3n) is 5.36. The second-order valence-corrected chi connectivity index (χ2v) is 11.1. The number of carbonyl (C=O) groups is 1. The van der Waals surface area contributed by atoms with Crippen LogP contribution in [0.4, 0.5) is 4.39 Å². The molecule has 1 aliphatic heterocycles. The lowest BCUT2D eigenvalue weighted by molar-refractivity contribution is -0.116. The van der Waals surface area contributed by atoms with Crippen LogP contribution in [0.3, 0.4) is 0 Å². The fourth-order valence-electron chi connectivity index (χ4n) is 3.87. The highest BCUT2D eigenvalue weighted by molar-refractivity contribution is 7.92. The van der Waals surface area contributed by atoms with Gasteiger partial charge in [0.1, 0.15) is 28.7 Å². The molecular formula is C22H29FN2O5S. The van der Waals surface area contributed by atoms with Crippen LogP contribution < -0.4 is 4.74 Å². The summed E-state index contributed by atoms with van der Waals surface area (Å²) in [6, 6.07) is 2.84. The van der Waals surface area contributed by atoms with E-state index >= 15 is 0 Å². The van der Waals surface area contributed by atoms with Crippen LogP contribution >= 0.6 is 0 Å². The Labute approximate surface area is 182 Å². The summed E-state index contributed by atoms with van der Waals surface area (Å²) in [6.45, 7) is 9.24. The summed E-state index contributed by atoms with van der Waals surface area (Å²) in [4.78, 5) is 12.7. The van der Waals surface area contributed by atoms with Crippen molar-refractivity contribution in [2.45, 2.75) is 69.9 Å². The number of ketones is 1. The number of halogens is 1. The lowest BCUT2D eigenvalue weighted by atomic mass is 9.86. The number of Topliss-reactive ketones (excluding diaryl/α,β-unsaturated/α-hetero) is 1. The summed E-state index contributed by atoms with van der Waals surface area (Å²) in [5.74, 6) is -1.56. The Morgan fingerprint density at radius 2 is 1.84 bits per heavy atom. The molecule has 0 saturated heterocycles. The highest BCUT2D eigenvalue weighted by Crippen LogP contribution is 2.32. The van der Waals surface area contributed by atoms with Crippen LogP contribution in [0, 0.1) is 5.82 Å². The van der Waals surface area contributed by atoms with Crippen molar-refractivity contribution in [2.24, 2.45) is 0 Å². The first kappa shape index (κ1) is 23.4. The molecule has 170 valence electrons. The summed E-state index contributed by atoms with van der Waals surface area (Å²) < 4.78 is 46.7. The molecule has 1 unspecified atom stereocenters. The summed E-state index contributed by atoms with van der Waals surface area (Å²) in [5.41, 5.74) is 0.959. The van der Waals surface area contributed by atoms with E-state index in [0.717, 1.165) is 6.20 Å². The monoisotopic (exact) mass is 452 g/mol.